The minimum atomic E-state index is -1.40. The summed E-state index contributed by atoms with van der Waals surface area (Å²) < 4.78 is 0. The third kappa shape index (κ3) is 4.37. The Balaban J connectivity index is 2.38. The van der Waals surface area contributed by atoms with Crippen LogP contribution >= 0.6 is 0 Å². The third-order valence-corrected chi connectivity index (χ3v) is 3.59. The van der Waals surface area contributed by atoms with E-state index in [-0.39, 0.29) is 0 Å². The van der Waals surface area contributed by atoms with E-state index < -0.39 is 8.24 Å². The van der Waals surface area contributed by atoms with Gasteiger partial charge in [-0.2, -0.15) is 0 Å². The zero-order valence-corrected chi connectivity index (χ0v) is 12.7. The summed E-state index contributed by atoms with van der Waals surface area (Å²) >= 11 is 0. The van der Waals surface area contributed by atoms with E-state index >= 15 is 0 Å². The second-order valence-electron chi connectivity index (χ2n) is 5.55. The maximum Gasteiger partial charge on any atom is 0.144 e. The molecule has 1 aromatic carbocycles. The predicted molar refractivity (Wildman–Crippen MR) is 85.0 cm³/mol. The van der Waals surface area contributed by atoms with E-state index in [2.05, 4.69) is 59.9 Å². The second kappa shape index (κ2) is 5.84. The summed E-state index contributed by atoms with van der Waals surface area (Å²) in [7, 11) is -1.40. The van der Waals surface area contributed by atoms with Crippen LogP contribution in [0.15, 0.2) is 54.7 Å². The van der Waals surface area contributed by atoms with Crippen molar-refractivity contribution in [1.82, 2.24) is 9.97 Å². The van der Waals surface area contributed by atoms with E-state index in [9.17, 15) is 0 Å². The van der Waals surface area contributed by atoms with Crippen LogP contribution in [-0.2, 0) is 0 Å². The van der Waals surface area contributed by atoms with Crippen LogP contribution in [0.2, 0.25) is 19.6 Å². The molecule has 2 nitrogen and oxygen atoms in total. The fourth-order valence-corrected chi connectivity index (χ4v) is 2.85. The summed E-state index contributed by atoms with van der Waals surface area (Å²) in [4.78, 5) is 8.05. The molecular weight excluding hydrogens is 248 g/mol. The van der Waals surface area contributed by atoms with Crippen LogP contribution in [0.4, 0.5) is 0 Å². The highest BCUT2D eigenvalue weighted by atomic mass is 28.3. The van der Waals surface area contributed by atoms with Crippen molar-refractivity contribution in [1.29, 1.82) is 0 Å². The molecule has 2 rings (SSSR count). The van der Waals surface area contributed by atoms with Crippen molar-refractivity contribution < 1.29 is 0 Å². The van der Waals surface area contributed by atoms with Crippen molar-refractivity contribution >= 4 is 20.0 Å². The molecule has 0 bridgehead atoms. The highest BCUT2D eigenvalue weighted by Crippen LogP contribution is 2.17. The summed E-state index contributed by atoms with van der Waals surface area (Å²) in [5.74, 6) is 0. The monoisotopic (exact) mass is 268 g/mol. The molecule has 19 heavy (non-hydrogen) atoms. The Morgan fingerprint density at radius 3 is 2.26 bits per heavy atom. The van der Waals surface area contributed by atoms with E-state index in [0.717, 1.165) is 11.4 Å². The molecule has 1 N–H and O–H groups in total. The van der Waals surface area contributed by atoms with E-state index in [4.69, 9.17) is 0 Å². The van der Waals surface area contributed by atoms with E-state index in [1.54, 1.807) is 0 Å². The van der Waals surface area contributed by atoms with Gasteiger partial charge in [-0.3, -0.25) is 4.98 Å². The fraction of sp³-hybridized carbons (Fsp3) is 0.188. The number of aromatic nitrogens is 1. The normalized spacial score (nSPS) is 12.3. The number of pyridine rings is 1. The van der Waals surface area contributed by atoms with Gasteiger partial charge < -0.3 is 4.98 Å². The van der Waals surface area contributed by atoms with Gasteiger partial charge in [0, 0.05) is 11.9 Å². The maximum absolute atomic E-state index is 4.37. The zero-order chi connectivity index (χ0) is 13.7. The van der Waals surface area contributed by atoms with Gasteiger partial charge in [-0.1, -0.05) is 56.0 Å². The average Bonchev–Trinajstić information content (AvgIpc) is 2.39. The largest absolute Gasteiger partial charge is 0.410 e. The summed E-state index contributed by atoms with van der Waals surface area (Å²) in [5, 5.41) is 0. The first-order valence-electron chi connectivity index (χ1n) is 6.51. The lowest BCUT2D eigenvalue weighted by atomic mass is 10.1. The van der Waals surface area contributed by atoms with Crippen LogP contribution in [0.5, 0.6) is 0 Å². The molecule has 2 aromatic rings. The zero-order valence-electron chi connectivity index (χ0n) is 11.7. The van der Waals surface area contributed by atoms with Crippen molar-refractivity contribution in [2.24, 2.45) is 0 Å². The molecule has 0 unspecified atom stereocenters. The topological polar surface area (TPSA) is 24.9 Å². The van der Waals surface area contributed by atoms with Crippen molar-refractivity contribution in [3.63, 3.8) is 0 Å². The highest BCUT2D eigenvalue weighted by molar-refractivity contribution is 6.74. The van der Waals surface area contributed by atoms with Crippen LogP contribution in [0.1, 0.15) is 11.3 Å². The number of nitrogens with zero attached hydrogens (tertiary/aromatic N) is 1. The van der Waals surface area contributed by atoms with Gasteiger partial charge in [0.2, 0.25) is 0 Å². The quantitative estimate of drug-likeness (QED) is 0.848. The van der Waals surface area contributed by atoms with Crippen LogP contribution in [0.3, 0.4) is 0 Å². The summed E-state index contributed by atoms with van der Waals surface area (Å²) in [6, 6.07) is 16.4. The Morgan fingerprint density at radius 2 is 1.68 bits per heavy atom. The van der Waals surface area contributed by atoms with Crippen LogP contribution < -0.4 is 4.98 Å². The van der Waals surface area contributed by atoms with Gasteiger partial charge in [-0.05, 0) is 23.8 Å². The molecule has 0 aliphatic carbocycles. The molecule has 0 amide bonds. The maximum atomic E-state index is 4.37. The predicted octanol–water partition coefficient (Wildman–Crippen LogP) is 4.00. The molecule has 1 aromatic heterocycles. The van der Waals surface area contributed by atoms with Gasteiger partial charge in [0.25, 0.3) is 0 Å². The van der Waals surface area contributed by atoms with Crippen molar-refractivity contribution in [2.45, 2.75) is 19.6 Å². The molecule has 0 aliphatic heterocycles. The Hall–Kier alpha value is -1.87. The number of benzene rings is 1. The van der Waals surface area contributed by atoms with Gasteiger partial charge in [-0.15, -0.1) is 0 Å². The van der Waals surface area contributed by atoms with Gasteiger partial charge in [0.15, 0.2) is 0 Å². The van der Waals surface area contributed by atoms with Crippen molar-refractivity contribution in [3.8, 4) is 0 Å². The number of hydrogen-bond acceptors (Lipinski definition) is 2. The summed E-state index contributed by atoms with van der Waals surface area (Å²) in [6.07, 6.45) is 3.94. The number of hydrogen-bond donors (Lipinski definition) is 1. The van der Waals surface area contributed by atoms with Gasteiger partial charge in [-0.25, -0.2) is 0 Å². The number of nitrogens with one attached hydrogen (secondary N) is 1. The van der Waals surface area contributed by atoms with E-state index in [1.807, 2.05) is 30.5 Å². The molecule has 0 atom stereocenters. The minimum Gasteiger partial charge on any atom is -0.410 e. The Morgan fingerprint density at radius 1 is 1.00 bits per heavy atom. The number of rotatable bonds is 4. The SMILES string of the molecule is C[Si](C)(C)N/C(=C\c1ccccn1)c1ccccc1. The molecule has 0 spiro atoms. The molecular formula is C16H20N2Si. The van der Waals surface area contributed by atoms with Crippen molar-refractivity contribution in [2.75, 3.05) is 0 Å². The molecule has 0 aliphatic rings. The lowest BCUT2D eigenvalue weighted by Gasteiger charge is -2.22. The summed E-state index contributed by atoms with van der Waals surface area (Å²) in [5.41, 5.74) is 3.33. The van der Waals surface area contributed by atoms with E-state index in [0.29, 0.717) is 0 Å². The first-order chi connectivity index (χ1) is 9.04. The smallest absolute Gasteiger partial charge is 0.144 e. The lowest BCUT2D eigenvalue weighted by molar-refractivity contribution is 1.25. The first kappa shape index (κ1) is 13.6. The molecule has 0 saturated carbocycles. The highest BCUT2D eigenvalue weighted by Gasteiger charge is 2.15. The van der Waals surface area contributed by atoms with Gasteiger partial charge in [0.1, 0.15) is 8.24 Å². The molecule has 0 fully saturated rings. The average molecular weight is 268 g/mol. The molecule has 3 heteroatoms. The molecule has 0 saturated heterocycles. The van der Waals surface area contributed by atoms with Crippen LogP contribution in [0, 0.1) is 0 Å². The van der Waals surface area contributed by atoms with Gasteiger partial charge >= 0.3 is 0 Å². The van der Waals surface area contributed by atoms with Crippen molar-refractivity contribution in [3.05, 3.63) is 66.0 Å². The summed E-state index contributed by atoms with van der Waals surface area (Å²) in [6.45, 7) is 6.88. The third-order valence-electron chi connectivity index (χ3n) is 2.57. The molecule has 1 heterocycles. The second-order valence-corrected chi connectivity index (χ2v) is 10.3. The van der Waals surface area contributed by atoms with Crippen LogP contribution in [0.25, 0.3) is 11.8 Å². The molecule has 98 valence electrons. The van der Waals surface area contributed by atoms with Gasteiger partial charge in [0.05, 0.1) is 5.69 Å². The van der Waals surface area contributed by atoms with E-state index in [1.165, 1.54) is 5.56 Å². The Labute approximate surface area is 116 Å². The first-order valence-corrected chi connectivity index (χ1v) is 10.0. The molecule has 0 radical (unpaired) electrons. The lowest BCUT2D eigenvalue weighted by Crippen LogP contribution is -2.39. The van der Waals surface area contributed by atoms with Crippen LogP contribution in [-0.4, -0.2) is 13.2 Å². The minimum absolute atomic E-state index is 0.979. The Kier molecular flexibility index (Phi) is 4.17. The fourth-order valence-electron chi connectivity index (χ4n) is 1.82. The Bertz CT molecular complexity index is 542. The standard InChI is InChI=1S/C16H20N2Si/c1-19(2,3)18-16(14-9-5-4-6-10-14)13-15-11-7-8-12-17-15/h4-13,18H,1-3H3/b16-13-.